The molecule has 0 radical (unpaired) electrons. The summed E-state index contributed by atoms with van der Waals surface area (Å²) in [7, 11) is 0. The summed E-state index contributed by atoms with van der Waals surface area (Å²) in [6, 6.07) is 10.1. The Hall–Kier alpha value is -1.65. The monoisotopic (exact) mass is 258 g/mol. The molecule has 0 spiro atoms. The first-order chi connectivity index (χ1) is 9.24. The zero-order valence-electron chi connectivity index (χ0n) is 11.0. The summed E-state index contributed by atoms with van der Waals surface area (Å²) in [6.45, 7) is 3.57. The third-order valence-electron chi connectivity index (χ3n) is 3.75. The molecule has 1 aromatic rings. The third kappa shape index (κ3) is 2.55. The Bertz CT molecular complexity index is 486. The molecule has 19 heavy (non-hydrogen) atoms. The first-order valence-electron chi connectivity index (χ1n) is 6.66. The lowest BCUT2D eigenvalue weighted by Gasteiger charge is -2.44. The van der Waals surface area contributed by atoms with E-state index < -0.39 is 0 Å². The Balaban J connectivity index is 1.67. The van der Waals surface area contributed by atoms with E-state index >= 15 is 0 Å². The largest absolute Gasteiger partial charge is 0.274 e. The van der Waals surface area contributed by atoms with Crippen LogP contribution in [0.15, 0.2) is 42.5 Å². The second-order valence-corrected chi connectivity index (χ2v) is 5.09. The van der Waals surface area contributed by atoms with Crippen LogP contribution in [0.25, 0.3) is 0 Å². The number of carbonyl (C=O) groups is 1. The van der Waals surface area contributed by atoms with Crippen LogP contribution in [0.5, 0.6) is 0 Å². The number of hydrogen-bond acceptors (Lipinski definition) is 3. The van der Waals surface area contributed by atoms with Crippen LogP contribution in [0.2, 0.25) is 0 Å². The number of rotatable bonds is 2. The fourth-order valence-corrected chi connectivity index (χ4v) is 2.52. The maximum Gasteiger partial charge on any atom is 0.251 e. The van der Waals surface area contributed by atoms with Gasteiger partial charge in [-0.15, -0.1) is 0 Å². The standard InChI is InChI=1S/C15H18N2O2/c1-12-14-8-5-9-16(12)11-17(19-14)15(18)10-13-6-3-2-4-7-13/h2-8,12,14H,9-11H2,1H3/t12-,14?/m1/s1. The average Bonchev–Trinajstić information content (AvgIpc) is 2.39. The van der Waals surface area contributed by atoms with Gasteiger partial charge >= 0.3 is 0 Å². The lowest BCUT2D eigenvalue weighted by atomic mass is 10.1. The van der Waals surface area contributed by atoms with Gasteiger partial charge in [-0.3, -0.25) is 14.5 Å². The van der Waals surface area contributed by atoms with E-state index in [1.807, 2.05) is 36.4 Å². The number of amides is 1. The first kappa shape index (κ1) is 12.4. The summed E-state index contributed by atoms with van der Waals surface area (Å²) in [5.74, 6) is 0.0170. The van der Waals surface area contributed by atoms with Crippen LogP contribution < -0.4 is 0 Å². The Morgan fingerprint density at radius 2 is 2.16 bits per heavy atom. The Morgan fingerprint density at radius 3 is 2.89 bits per heavy atom. The fraction of sp³-hybridized carbons (Fsp3) is 0.400. The summed E-state index contributed by atoms with van der Waals surface area (Å²) < 4.78 is 0. The molecule has 2 aliphatic rings. The first-order valence-corrected chi connectivity index (χ1v) is 6.66. The topological polar surface area (TPSA) is 32.8 Å². The maximum absolute atomic E-state index is 12.3. The van der Waals surface area contributed by atoms with Crippen molar-refractivity contribution in [3.63, 3.8) is 0 Å². The van der Waals surface area contributed by atoms with E-state index in [2.05, 4.69) is 17.9 Å². The molecule has 2 bridgehead atoms. The van der Waals surface area contributed by atoms with Crippen LogP contribution in [-0.4, -0.2) is 41.2 Å². The van der Waals surface area contributed by atoms with Crippen molar-refractivity contribution >= 4 is 5.91 Å². The zero-order valence-corrected chi connectivity index (χ0v) is 11.0. The molecule has 2 heterocycles. The van der Waals surface area contributed by atoms with Crippen LogP contribution >= 0.6 is 0 Å². The van der Waals surface area contributed by atoms with Crippen LogP contribution in [0, 0.1) is 0 Å². The number of carbonyl (C=O) groups excluding carboxylic acids is 1. The molecule has 0 saturated carbocycles. The molecular formula is C15H18N2O2. The van der Waals surface area contributed by atoms with E-state index in [1.165, 1.54) is 5.06 Å². The highest BCUT2D eigenvalue weighted by Gasteiger charge is 2.35. The molecule has 2 unspecified atom stereocenters. The van der Waals surface area contributed by atoms with Crippen molar-refractivity contribution in [3.05, 3.63) is 48.0 Å². The van der Waals surface area contributed by atoms with Gasteiger partial charge in [-0.1, -0.05) is 42.5 Å². The van der Waals surface area contributed by atoms with E-state index in [1.54, 1.807) is 0 Å². The number of hydroxylamine groups is 2. The van der Waals surface area contributed by atoms with Gasteiger partial charge in [0.15, 0.2) is 0 Å². The summed E-state index contributed by atoms with van der Waals surface area (Å²) in [6.07, 6.45) is 4.52. The van der Waals surface area contributed by atoms with Crippen molar-refractivity contribution in [3.8, 4) is 0 Å². The molecule has 4 nitrogen and oxygen atoms in total. The molecule has 1 amide bonds. The minimum Gasteiger partial charge on any atom is -0.274 e. The molecule has 1 saturated heterocycles. The third-order valence-corrected chi connectivity index (χ3v) is 3.75. The predicted molar refractivity (Wildman–Crippen MR) is 72.0 cm³/mol. The second-order valence-electron chi connectivity index (χ2n) is 5.09. The molecule has 3 rings (SSSR count). The predicted octanol–water partition coefficient (Wildman–Crippen LogP) is 1.59. The normalized spacial score (nSPS) is 29.3. The van der Waals surface area contributed by atoms with Crippen molar-refractivity contribution < 1.29 is 9.63 Å². The van der Waals surface area contributed by atoms with Gasteiger partial charge in [0.1, 0.15) is 12.8 Å². The summed E-state index contributed by atoms with van der Waals surface area (Å²) >= 11 is 0. The van der Waals surface area contributed by atoms with Gasteiger partial charge in [-0.05, 0) is 12.5 Å². The number of fused-ring (bicyclic) bond motifs is 2. The van der Waals surface area contributed by atoms with E-state index in [9.17, 15) is 4.79 Å². The van der Waals surface area contributed by atoms with Gasteiger partial charge in [0.2, 0.25) is 0 Å². The van der Waals surface area contributed by atoms with E-state index in [-0.39, 0.29) is 12.0 Å². The lowest BCUT2D eigenvalue weighted by Crippen LogP contribution is -2.58. The van der Waals surface area contributed by atoms with Crippen molar-refractivity contribution in [2.45, 2.75) is 25.5 Å². The summed E-state index contributed by atoms with van der Waals surface area (Å²) in [4.78, 5) is 20.3. The van der Waals surface area contributed by atoms with E-state index in [4.69, 9.17) is 4.84 Å². The van der Waals surface area contributed by atoms with Crippen LogP contribution in [0.4, 0.5) is 0 Å². The Kier molecular flexibility index (Phi) is 3.36. The van der Waals surface area contributed by atoms with Gasteiger partial charge in [-0.25, -0.2) is 5.06 Å². The highest BCUT2D eigenvalue weighted by molar-refractivity contribution is 5.77. The molecule has 0 aliphatic carbocycles. The molecule has 4 heteroatoms. The lowest BCUT2D eigenvalue weighted by molar-refractivity contribution is -0.250. The Morgan fingerprint density at radius 1 is 1.37 bits per heavy atom. The zero-order chi connectivity index (χ0) is 13.2. The molecule has 0 aromatic heterocycles. The van der Waals surface area contributed by atoms with Crippen LogP contribution in [-0.2, 0) is 16.1 Å². The van der Waals surface area contributed by atoms with Gasteiger partial charge in [0.25, 0.3) is 5.91 Å². The SMILES string of the molecule is C[C@@H]1C2C=CCN1CN(C(=O)Cc1ccccc1)O2. The highest BCUT2D eigenvalue weighted by atomic mass is 16.7. The van der Waals surface area contributed by atoms with E-state index in [0.29, 0.717) is 19.1 Å². The minimum absolute atomic E-state index is 0.0118. The maximum atomic E-state index is 12.3. The molecule has 0 N–H and O–H groups in total. The minimum atomic E-state index is -0.0118. The van der Waals surface area contributed by atoms with Crippen LogP contribution in [0.3, 0.4) is 0 Å². The number of nitrogens with zero attached hydrogens (tertiary/aromatic N) is 2. The molecule has 2 aliphatic heterocycles. The smallest absolute Gasteiger partial charge is 0.251 e. The number of benzene rings is 1. The average molecular weight is 258 g/mol. The molecular weight excluding hydrogens is 240 g/mol. The van der Waals surface area contributed by atoms with E-state index in [0.717, 1.165) is 12.1 Å². The van der Waals surface area contributed by atoms with Crippen molar-refractivity contribution in [1.29, 1.82) is 0 Å². The quantitative estimate of drug-likeness (QED) is 0.755. The summed E-state index contributed by atoms with van der Waals surface area (Å²) in [5, 5.41) is 1.50. The number of hydrogen-bond donors (Lipinski definition) is 0. The van der Waals surface area contributed by atoms with Gasteiger partial charge < -0.3 is 0 Å². The van der Waals surface area contributed by atoms with Gasteiger partial charge in [0, 0.05) is 12.6 Å². The molecule has 1 aromatic carbocycles. The summed E-state index contributed by atoms with van der Waals surface area (Å²) in [5.41, 5.74) is 1.02. The fourth-order valence-electron chi connectivity index (χ4n) is 2.52. The highest BCUT2D eigenvalue weighted by Crippen LogP contribution is 2.22. The molecule has 3 atom stereocenters. The molecule has 1 fully saturated rings. The molecule has 100 valence electrons. The van der Waals surface area contributed by atoms with Gasteiger partial charge in [-0.2, -0.15) is 0 Å². The van der Waals surface area contributed by atoms with Crippen LogP contribution in [0.1, 0.15) is 12.5 Å². The second kappa shape index (κ2) is 5.15. The van der Waals surface area contributed by atoms with Gasteiger partial charge in [0.05, 0.1) is 6.42 Å². The van der Waals surface area contributed by atoms with Crippen molar-refractivity contribution in [2.75, 3.05) is 13.2 Å². The van der Waals surface area contributed by atoms with Crippen molar-refractivity contribution in [2.24, 2.45) is 0 Å². The van der Waals surface area contributed by atoms with Crippen molar-refractivity contribution in [1.82, 2.24) is 9.96 Å². The Labute approximate surface area is 113 Å².